The summed E-state index contributed by atoms with van der Waals surface area (Å²) in [6, 6.07) is 13.9. The van der Waals surface area contributed by atoms with E-state index in [9.17, 15) is 4.79 Å². The van der Waals surface area contributed by atoms with Gasteiger partial charge >= 0.3 is 0 Å². The van der Waals surface area contributed by atoms with Crippen molar-refractivity contribution in [1.29, 1.82) is 0 Å². The maximum Gasteiger partial charge on any atom is 0.168 e. The van der Waals surface area contributed by atoms with Crippen molar-refractivity contribution in [2.75, 3.05) is 6.54 Å². The summed E-state index contributed by atoms with van der Waals surface area (Å²) in [4.78, 5) is 12.8. The number of carbonyl (C=O) groups excluding carboxylic acids is 1. The third-order valence-electron chi connectivity index (χ3n) is 4.80. The Morgan fingerprint density at radius 1 is 1.14 bits per heavy atom. The number of carbonyl (C=O) groups is 1. The quantitative estimate of drug-likeness (QED) is 0.897. The van der Waals surface area contributed by atoms with E-state index < -0.39 is 0 Å². The second-order valence-electron chi connectivity index (χ2n) is 6.05. The molecule has 1 fully saturated rings. The fourth-order valence-corrected chi connectivity index (χ4v) is 4.51. The van der Waals surface area contributed by atoms with Gasteiger partial charge in [0.15, 0.2) is 5.78 Å². The van der Waals surface area contributed by atoms with Crippen LogP contribution in [0.2, 0.25) is 10.0 Å². The molecular formula is C18H15Cl2NO. The van der Waals surface area contributed by atoms with Gasteiger partial charge < -0.3 is 5.32 Å². The summed E-state index contributed by atoms with van der Waals surface area (Å²) < 4.78 is 0. The van der Waals surface area contributed by atoms with Crippen LogP contribution in [0.3, 0.4) is 0 Å². The lowest BCUT2D eigenvalue weighted by atomic mass is 9.88. The van der Waals surface area contributed by atoms with Crippen LogP contribution < -0.4 is 5.32 Å². The van der Waals surface area contributed by atoms with Crippen LogP contribution in [0.4, 0.5) is 0 Å². The maximum atomic E-state index is 12.8. The van der Waals surface area contributed by atoms with Gasteiger partial charge in [-0.1, -0.05) is 53.5 Å². The van der Waals surface area contributed by atoms with Crippen LogP contribution in [-0.2, 0) is 6.42 Å². The molecule has 4 rings (SSSR count). The predicted molar refractivity (Wildman–Crippen MR) is 89.0 cm³/mol. The molecule has 1 saturated heterocycles. The molecule has 1 aliphatic carbocycles. The van der Waals surface area contributed by atoms with Gasteiger partial charge in [0.25, 0.3) is 0 Å². The lowest BCUT2D eigenvalue weighted by Gasteiger charge is -2.17. The SMILES string of the molecule is O=C1c2cc(Cl)cc(Cl)c2C2CNC(Cc3ccccc3)C12. The predicted octanol–water partition coefficient (Wildman–Crippen LogP) is 4.10. The van der Waals surface area contributed by atoms with E-state index in [-0.39, 0.29) is 23.7 Å². The Morgan fingerprint density at radius 2 is 1.91 bits per heavy atom. The van der Waals surface area contributed by atoms with Crippen molar-refractivity contribution in [2.45, 2.75) is 18.4 Å². The lowest BCUT2D eigenvalue weighted by molar-refractivity contribution is 0.0920. The molecule has 1 N–H and O–H groups in total. The Morgan fingerprint density at radius 3 is 2.68 bits per heavy atom. The van der Waals surface area contributed by atoms with E-state index in [2.05, 4.69) is 17.4 Å². The van der Waals surface area contributed by atoms with Gasteiger partial charge in [-0.3, -0.25) is 4.79 Å². The average Bonchev–Trinajstić information content (AvgIpc) is 3.01. The molecule has 0 amide bonds. The lowest BCUT2D eigenvalue weighted by Crippen LogP contribution is -2.32. The third kappa shape index (κ3) is 2.18. The van der Waals surface area contributed by atoms with Crippen molar-refractivity contribution in [3.8, 4) is 0 Å². The minimum atomic E-state index is -0.0360. The normalized spacial score (nSPS) is 26.1. The minimum absolute atomic E-state index is 0.0360. The smallest absolute Gasteiger partial charge is 0.168 e. The van der Waals surface area contributed by atoms with Gasteiger partial charge in [0.2, 0.25) is 0 Å². The summed E-state index contributed by atoms with van der Waals surface area (Å²) in [5.41, 5.74) is 2.93. The van der Waals surface area contributed by atoms with Gasteiger partial charge in [-0.2, -0.15) is 0 Å². The molecule has 0 spiro atoms. The van der Waals surface area contributed by atoms with Crippen LogP contribution in [0.5, 0.6) is 0 Å². The first kappa shape index (κ1) is 14.3. The molecule has 2 aliphatic rings. The second-order valence-corrected chi connectivity index (χ2v) is 6.89. The minimum Gasteiger partial charge on any atom is -0.312 e. The van der Waals surface area contributed by atoms with Crippen molar-refractivity contribution < 1.29 is 4.79 Å². The van der Waals surface area contributed by atoms with Crippen LogP contribution in [0, 0.1) is 5.92 Å². The summed E-state index contributed by atoms with van der Waals surface area (Å²) in [5, 5.41) is 4.66. The fourth-order valence-electron chi connectivity index (χ4n) is 3.87. The second kappa shape index (κ2) is 5.38. The van der Waals surface area contributed by atoms with Crippen molar-refractivity contribution in [3.05, 3.63) is 69.2 Å². The number of hydrogen-bond acceptors (Lipinski definition) is 2. The summed E-state index contributed by atoms with van der Waals surface area (Å²) in [6.45, 7) is 0.794. The number of nitrogens with one attached hydrogen (secondary N) is 1. The Kier molecular flexibility index (Phi) is 3.48. The fraction of sp³-hybridized carbons (Fsp3) is 0.278. The highest BCUT2D eigenvalue weighted by Crippen LogP contribution is 2.47. The molecule has 1 heterocycles. The Balaban J connectivity index is 1.68. The molecule has 0 bridgehead atoms. The number of fused-ring (bicyclic) bond motifs is 3. The van der Waals surface area contributed by atoms with Crippen molar-refractivity contribution >= 4 is 29.0 Å². The highest BCUT2D eigenvalue weighted by atomic mass is 35.5. The van der Waals surface area contributed by atoms with Crippen LogP contribution >= 0.6 is 23.2 Å². The molecule has 2 nitrogen and oxygen atoms in total. The van der Waals surface area contributed by atoms with Gasteiger partial charge in [0.1, 0.15) is 0 Å². The summed E-state index contributed by atoms with van der Waals surface area (Å²) in [5.74, 6) is 0.308. The zero-order chi connectivity index (χ0) is 15.3. The van der Waals surface area contributed by atoms with Crippen molar-refractivity contribution in [3.63, 3.8) is 0 Å². The number of Topliss-reactive ketones (excluding diaryl/α,β-unsaturated/α-hetero) is 1. The third-order valence-corrected chi connectivity index (χ3v) is 5.33. The van der Waals surface area contributed by atoms with E-state index in [1.807, 2.05) is 18.2 Å². The first-order valence-electron chi connectivity index (χ1n) is 7.45. The van der Waals surface area contributed by atoms with Gasteiger partial charge in [-0.05, 0) is 29.7 Å². The number of rotatable bonds is 2. The van der Waals surface area contributed by atoms with E-state index in [4.69, 9.17) is 23.2 Å². The Labute approximate surface area is 139 Å². The van der Waals surface area contributed by atoms with Crippen molar-refractivity contribution in [2.24, 2.45) is 5.92 Å². The average molecular weight is 332 g/mol. The van der Waals surface area contributed by atoms with Crippen LogP contribution in [-0.4, -0.2) is 18.4 Å². The van der Waals surface area contributed by atoms with Crippen molar-refractivity contribution in [1.82, 2.24) is 5.32 Å². The van der Waals surface area contributed by atoms with Gasteiger partial charge in [-0.15, -0.1) is 0 Å². The molecule has 3 unspecified atom stereocenters. The topological polar surface area (TPSA) is 29.1 Å². The first-order chi connectivity index (χ1) is 10.6. The van der Waals surface area contributed by atoms with E-state index in [0.717, 1.165) is 18.5 Å². The molecule has 22 heavy (non-hydrogen) atoms. The van der Waals surface area contributed by atoms with E-state index in [1.54, 1.807) is 12.1 Å². The largest absolute Gasteiger partial charge is 0.312 e. The van der Waals surface area contributed by atoms with E-state index in [1.165, 1.54) is 5.56 Å². The van der Waals surface area contributed by atoms with Gasteiger partial charge in [0, 0.05) is 40.0 Å². The summed E-state index contributed by atoms with van der Waals surface area (Å²) in [7, 11) is 0. The molecule has 3 atom stereocenters. The molecule has 2 aromatic carbocycles. The highest BCUT2D eigenvalue weighted by Gasteiger charge is 2.48. The number of halogens is 2. The van der Waals surface area contributed by atoms with Gasteiger partial charge in [-0.25, -0.2) is 0 Å². The molecule has 0 aromatic heterocycles. The van der Waals surface area contributed by atoms with Gasteiger partial charge in [0.05, 0.1) is 0 Å². The van der Waals surface area contributed by atoms with Crippen LogP contribution in [0.1, 0.15) is 27.4 Å². The molecule has 0 saturated carbocycles. The zero-order valence-corrected chi connectivity index (χ0v) is 13.4. The summed E-state index contributed by atoms with van der Waals surface area (Å²) in [6.07, 6.45) is 0.854. The standard InChI is InChI=1S/C18H15Cl2NO/c19-11-7-12-16(14(20)8-11)13-9-21-15(17(13)18(12)22)6-10-4-2-1-3-5-10/h1-5,7-8,13,15,17,21H,6,9H2. The van der Waals surface area contributed by atoms with Crippen LogP contribution in [0.25, 0.3) is 0 Å². The molecule has 0 radical (unpaired) electrons. The molecule has 112 valence electrons. The number of ketones is 1. The summed E-state index contributed by atoms with van der Waals surface area (Å²) >= 11 is 12.4. The molecule has 1 aliphatic heterocycles. The molecule has 2 aromatic rings. The maximum absolute atomic E-state index is 12.8. The monoisotopic (exact) mass is 331 g/mol. The van der Waals surface area contributed by atoms with E-state index >= 15 is 0 Å². The van der Waals surface area contributed by atoms with Crippen LogP contribution in [0.15, 0.2) is 42.5 Å². The first-order valence-corrected chi connectivity index (χ1v) is 8.21. The number of benzene rings is 2. The molecular weight excluding hydrogens is 317 g/mol. The number of hydrogen-bond donors (Lipinski definition) is 1. The molecule has 4 heteroatoms. The Bertz CT molecular complexity index is 744. The Hall–Kier alpha value is -1.35. The zero-order valence-electron chi connectivity index (χ0n) is 11.9. The van der Waals surface area contributed by atoms with E-state index in [0.29, 0.717) is 15.6 Å². The highest BCUT2D eigenvalue weighted by molar-refractivity contribution is 6.36.